The van der Waals surface area contributed by atoms with Crippen LogP contribution in [0.15, 0.2) is 36.5 Å². The molecule has 1 amide bonds. The number of aromatic nitrogens is 2. The summed E-state index contributed by atoms with van der Waals surface area (Å²) < 4.78 is 34.1. The molecule has 8 heteroatoms. The van der Waals surface area contributed by atoms with Gasteiger partial charge in [-0.3, -0.25) is 9.48 Å². The normalized spacial score (nSPS) is 18.9. The topological polar surface area (TPSA) is 73.2 Å². The summed E-state index contributed by atoms with van der Waals surface area (Å²) in [6, 6.07) is 6.30. The summed E-state index contributed by atoms with van der Waals surface area (Å²) in [5, 5.41) is 8.09. The van der Waals surface area contributed by atoms with Crippen LogP contribution < -0.4 is 10.1 Å². The van der Waals surface area contributed by atoms with Gasteiger partial charge >= 0.3 is 0 Å². The number of hydrogen-bond donors (Lipinski definition) is 1. The zero-order valence-electron chi connectivity index (χ0n) is 16.4. The zero-order chi connectivity index (χ0) is 21.3. The van der Waals surface area contributed by atoms with Gasteiger partial charge in [0.25, 0.3) is 5.91 Å². The van der Waals surface area contributed by atoms with Gasteiger partial charge in [-0.1, -0.05) is 0 Å². The average molecular weight is 413 g/mol. The van der Waals surface area contributed by atoms with E-state index in [2.05, 4.69) is 10.4 Å². The van der Waals surface area contributed by atoms with E-state index in [-0.39, 0.29) is 17.5 Å². The van der Waals surface area contributed by atoms with E-state index in [1.54, 1.807) is 12.1 Å². The standard InChI is InChI=1S/C22H21F2N3O3/c1-30-21-10-19-15(11-27(26-19)18-4-2-13(12-28)3-5-18)8-20(21)25-22(29)14-6-16(23)9-17(24)7-14/h6-13,18H,2-5H2,1H3,(H,25,29)/t13-,18-. The Morgan fingerprint density at radius 1 is 1.13 bits per heavy atom. The molecule has 3 aromatic rings. The van der Waals surface area contributed by atoms with Gasteiger partial charge in [0.05, 0.1) is 24.4 Å². The van der Waals surface area contributed by atoms with Gasteiger partial charge in [-0.25, -0.2) is 8.78 Å². The molecule has 0 aliphatic heterocycles. The van der Waals surface area contributed by atoms with Gasteiger partial charge in [-0.2, -0.15) is 5.10 Å². The van der Waals surface area contributed by atoms with Crippen LogP contribution in [-0.4, -0.2) is 29.1 Å². The number of rotatable bonds is 5. The van der Waals surface area contributed by atoms with Crippen LogP contribution in [-0.2, 0) is 4.79 Å². The summed E-state index contributed by atoms with van der Waals surface area (Å²) in [6.07, 6.45) is 6.38. The zero-order valence-corrected chi connectivity index (χ0v) is 16.4. The van der Waals surface area contributed by atoms with E-state index >= 15 is 0 Å². The number of halogens is 2. The summed E-state index contributed by atoms with van der Waals surface area (Å²) >= 11 is 0. The monoisotopic (exact) mass is 413 g/mol. The van der Waals surface area contributed by atoms with Crippen molar-refractivity contribution in [2.45, 2.75) is 31.7 Å². The maximum absolute atomic E-state index is 13.4. The van der Waals surface area contributed by atoms with E-state index in [1.807, 2.05) is 10.9 Å². The molecule has 2 aromatic carbocycles. The highest BCUT2D eigenvalue weighted by molar-refractivity contribution is 6.06. The number of carbonyl (C=O) groups is 2. The van der Waals surface area contributed by atoms with Gasteiger partial charge in [0.2, 0.25) is 0 Å². The second-order valence-electron chi connectivity index (χ2n) is 7.54. The number of nitrogens with zero attached hydrogens (tertiary/aromatic N) is 2. The number of anilines is 1. The molecule has 0 spiro atoms. The molecule has 0 radical (unpaired) electrons. The molecule has 0 unspecified atom stereocenters. The Morgan fingerprint density at radius 2 is 1.83 bits per heavy atom. The van der Waals surface area contributed by atoms with Gasteiger partial charge in [0.1, 0.15) is 23.7 Å². The fraction of sp³-hybridized carbons (Fsp3) is 0.318. The second kappa shape index (κ2) is 8.22. The lowest BCUT2D eigenvalue weighted by molar-refractivity contribution is -0.112. The lowest BCUT2D eigenvalue weighted by atomic mass is 9.87. The maximum Gasteiger partial charge on any atom is 0.255 e. The predicted octanol–water partition coefficient (Wildman–Crippen LogP) is 4.51. The Labute approximate surface area is 171 Å². The fourth-order valence-corrected chi connectivity index (χ4v) is 3.91. The average Bonchev–Trinajstić information content (AvgIpc) is 3.15. The first-order valence-corrected chi connectivity index (χ1v) is 9.76. The minimum Gasteiger partial charge on any atom is -0.494 e. The molecule has 1 N–H and O–H groups in total. The van der Waals surface area contributed by atoms with Crippen LogP contribution in [0, 0.1) is 17.6 Å². The second-order valence-corrected chi connectivity index (χ2v) is 7.54. The Bertz CT molecular complexity index is 1080. The number of methoxy groups -OCH3 is 1. The highest BCUT2D eigenvalue weighted by atomic mass is 19.1. The van der Waals surface area contributed by atoms with Gasteiger partial charge < -0.3 is 14.8 Å². The summed E-state index contributed by atoms with van der Waals surface area (Å²) in [6.45, 7) is 0. The van der Waals surface area contributed by atoms with Crippen LogP contribution in [0.25, 0.3) is 10.9 Å². The molecular weight excluding hydrogens is 392 g/mol. The van der Waals surface area contributed by atoms with Gasteiger partial charge in [-0.05, 0) is 43.9 Å². The maximum atomic E-state index is 13.4. The molecule has 30 heavy (non-hydrogen) atoms. The highest BCUT2D eigenvalue weighted by Crippen LogP contribution is 2.34. The van der Waals surface area contributed by atoms with Crippen molar-refractivity contribution in [1.29, 1.82) is 0 Å². The van der Waals surface area contributed by atoms with Gasteiger partial charge in [0.15, 0.2) is 0 Å². The molecule has 1 aliphatic rings. The number of ether oxygens (including phenoxy) is 1. The molecule has 0 bridgehead atoms. The molecule has 1 fully saturated rings. The van der Waals surface area contributed by atoms with E-state index in [0.29, 0.717) is 23.0 Å². The van der Waals surface area contributed by atoms with Gasteiger partial charge in [0, 0.05) is 35.2 Å². The van der Waals surface area contributed by atoms with Crippen LogP contribution in [0.1, 0.15) is 42.1 Å². The lowest BCUT2D eigenvalue weighted by Crippen LogP contribution is -2.19. The molecule has 4 rings (SSSR count). The Kier molecular flexibility index (Phi) is 5.48. The molecule has 0 saturated heterocycles. The SMILES string of the molecule is COc1cc2nn([C@H]3CC[C@H](C=O)CC3)cc2cc1NC(=O)c1cc(F)cc(F)c1. The molecule has 1 heterocycles. The quantitative estimate of drug-likeness (QED) is 0.625. The number of benzene rings is 2. The number of nitrogens with one attached hydrogen (secondary N) is 1. The van der Waals surface area contributed by atoms with Crippen molar-refractivity contribution in [2.24, 2.45) is 5.92 Å². The van der Waals surface area contributed by atoms with Crippen molar-refractivity contribution in [2.75, 3.05) is 12.4 Å². The van der Waals surface area contributed by atoms with Crippen molar-refractivity contribution in [3.05, 3.63) is 53.7 Å². The third-order valence-electron chi connectivity index (χ3n) is 5.52. The smallest absolute Gasteiger partial charge is 0.255 e. The van der Waals surface area contributed by atoms with Crippen molar-refractivity contribution in [3.63, 3.8) is 0 Å². The lowest BCUT2D eigenvalue weighted by Gasteiger charge is -2.25. The Morgan fingerprint density at radius 3 is 2.47 bits per heavy atom. The number of aldehydes is 1. The molecule has 1 aromatic heterocycles. The van der Waals surface area contributed by atoms with Crippen LogP contribution in [0.3, 0.4) is 0 Å². The first kappa shape index (κ1) is 20.0. The largest absolute Gasteiger partial charge is 0.494 e. The Balaban J connectivity index is 1.60. The van der Waals surface area contributed by atoms with Crippen molar-refractivity contribution >= 4 is 28.8 Å². The number of amides is 1. The minimum atomic E-state index is -0.826. The molecule has 156 valence electrons. The van der Waals surface area contributed by atoms with Crippen molar-refractivity contribution in [3.8, 4) is 5.75 Å². The fourth-order valence-electron chi connectivity index (χ4n) is 3.91. The van der Waals surface area contributed by atoms with E-state index in [1.165, 1.54) is 7.11 Å². The first-order chi connectivity index (χ1) is 14.5. The molecule has 1 saturated carbocycles. The number of carbonyl (C=O) groups excluding carboxylic acids is 2. The molecule has 0 atom stereocenters. The van der Waals surface area contributed by atoms with Crippen LogP contribution in [0.5, 0.6) is 5.75 Å². The third kappa shape index (κ3) is 4.03. The summed E-state index contributed by atoms with van der Waals surface area (Å²) in [5.41, 5.74) is 0.959. The molecular formula is C22H21F2N3O3. The highest BCUT2D eigenvalue weighted by Gasteiger charge is 2.23. The summed E-state index contributed by atoms with van der Waals surface area (Å²) in [5.74, 6) is -1.78. The van der Waals surface area contributed by atoms with Crippen LogP contribution in [0.2, 0.25) is 0 Å². The van der Waals surface area contributed by atoms with Crippen molar-refractivity contribution in [1.82, 2.24) is 9.78 Å². The van der Waals surface area contributed by atoms with E-state index < -0.39 is 17.5 Å². The van der Waals surface area contributed by atoms with E-state index in [0.717, 1.165) is 49.5 Å². The van der Waals surface area contributed by atoms with Crippen molar-refractivity contribution < 1.29 is 23.1 Å². The number of hydrogen-bond acceptors (Lipinski definition) is 4. The summed E-state index contributed by atoms with van der Waals surface area (Å²) in [4.78, 5) is 23.5. The van der Waals surface area contributed by atoms with Crippen LogP contribution in [0.4, 0.5) is 14.5 Å². The van der Waals surface area contributed by atoms with E-state index in [4.69, 9.17) is 4.74 Å². The third-order valence-corrected chi connectivity index (χ3v) is 5.52. The predicted molar refractivity (Wildman–Crippen MR) is 108 cm³/mol. The first-order valence-electron chi connectivity index (χ1n) is 9.76. The summed E-state index contributed by atoms with van der Waals surface area (Å²) in [7, 11) is 1.47. The Hall–Kier alpha value is -3.29. The molecule has 1 aliphatic carbocycles. The van der Waals surface area contributed by atoms with E-state index in [9.17, 15) is 18.4 Å². The van der Waals surface area contributed by atoms with Crippen LogP contribution >= 0.6 is 0 Å². The number of fused-ring (bicyclic) bond motifs is 1. The van der Waals surface area contributed by atoms with Gasteiger partial charge in [-0.15, -0.1) is 0 Å². The minimum absolute atomic E-state index is 0.126. The molecule has 6 nitrogen and oxygen atoms in total.